The molecule has 0 spiro atoms. The number of carbonyl (C=O) groups excluding carboxylic acids is 2. The van der Waals surface area contributed by atoms with Gasteiger partial charge in [0.25, 0.3) is 0 Å². The van der Waals surface area contributed by atoms with E-state index < -0.39 is 6.04 Å². The summed E-state index contributed by atoms with van der Waals surface area (Å²) >= 11 is 6.37. The van der Waals surface area contributed by atoms with Gasteiger partial charge in [0, 0.05) is 18.1 Å². The van der Waals surface area contributed by atoms with Crippen LogP contribution in [0.15, 0.2) is 42.5 Å². The van der Waals surface area contributed by atoms with Crippen molar-refractivity contribution in [3.63, 3.8) is 0 Å². The van der Waals surface area contributed by atoms with E-state index in [1.54, 1.807) is 4.90 Å². The zero-order valence-electron chi connectivity index (χ0n) is 18.7. The average molecular weight is 429 g/mol. The molecule has 2 rings (SSSR count). The number of rotatable bonds is 9. The lowest BCUT2D eigenvalue weighted by Gasteiger charge is -2.31. The standard InChI is InChI=1S/C25H33ClN2O2/c1-6-23(25(30)27-15-17(2)3)28(16-20-9-7-8-10-22(20)26)24(29)14-21-13-18(4)11-12-19(21)5/h7-13,17,23H,6,14-16H2,1-5H3,(H,27,30). The molecular weight excluding hydrogens is 396 g/mol. The van der Waals surface area contributed by atoms with Gasteiger partial charge in [-0.1, -0.05) is 74.3 Å². The van der Waals surface area contributed by atoms with Crippen molar-refractivity contribution in [3.05, 3.63) is 69.7 Å². The van der Waals surface area contributed by atoms with E-state index in [0.717, 1.165) is 22.3 Å². The molecule has 1 N–H and O–H groups in total. The van der Waals surface area contributed by atoms with Crippen LogP contribution in [-0.2, 0) is 22.6 Å². The van der Waals surface area contributed by atoms with Gasteiger partial charge in [0.2, 0.25) is 11.8 Å². The Labute approximate surface area is 185 Å². The van der Waals surface area contributed by atoms with Gasteiger partial charge in [0.05, 0.1) is 6.42 Å². The Balaban J connectivity index is 2.33. The highest BCUT2D eigenvalue weighted by atomic mass is 35.5. The fourth-order valence-corrected chi connectivity index (χ4v) is 3.60. The van der Waals surface area contributed by atoms with Crippen molar-refractivity contribution in [2.75, 3.05) is 6.54 Å². The maximum absolute atomic E-state index is 13.4. The van der Waals surface area contributed by atoms with Crippen LogP contribution < -0.4 is 5.32 Å². The highest BCUT2D eigenvalue weighted by Gasteiger charge is 2.29. The lowest BCUT2D eigenvalue weighted by atomic mass is 10.0. The van der Waals surface area contributed by atoms with Gasteiger partial charge in [0.1, 0.15) is 6.04 Å². The topological polar surface area (TPSA) is 49.4 Å². The fourth-order valence-electron chi connectivity index (χ4n) is 3.41. The van der Waals surface area contributed by atoms with Gasteiger partial charge in [-0.25, -0.2) is 0 Å². The summed E-state index contributed by atoms with van der Waals surface area (Å²) in [4.78, 5) is 28.1. The molecule has 0 bridgehead atoms. The molecule has 2 aromatic carbocycles. The summed E-state index contributed by atoms with van der Waals surface area (Å²) in [6.07, 6.45) is 0.791. The summed E-state index contributed by atoms with van der Waals surface area (Å²) < 4.78 is 0. The minimum Gasteiger partial charge on any atom is -0.354 e. The molecule has 0 saturated carbocycles. The Hall–Kier alpha value is -2.33. The monoisotopic (exact) mass is 428 g/mol. The number of nitrogens with zero attached hydrogens (tertiary/aromatic N) is 1. The van der Waals surface area contributed by atoms with Gasteiger partial charge < -0.3 is 10.2 Å². The van der Waals surface area contributed by atoms with Gasteiger partial charge in [-0.05, 0) is 48.9 Å². The van der Waals surface area contributed by atoms with Gasteiger partial charge in [0.15, 0.2) is 0 Å². The molecule has 0 aliphatic rings. The molecule has 2 aromatic rings. The lowest BCUT2D eigenvalue weighted by molar-refractivity contribution is -0.141. The van der Waals surface area contributed by atoms with Crippen LogP contribution >= 0.6 is 11.6 Å². The normalized spacial score (nSPS) is 12.0. The maximum Gasteiger partial charge on any atom is 0.242 e. The van der Waals surface area contributed by atoms with E-state index in [9.17, 15) is 9.59 Å². The van der Waals surface area contributed by atoms with Crippen LogP contribution in [0.25, 0.3) is 0 Å². The quantitative estimate of drug-likeness (QED) is 0.605. The van der Waals surface area contributed by atoms with Gasteiger partial charge in [-0.3, -0.25) is 9.59 Å². The summed E-state index contributed by atoms with van der Waals surface area (Å²) in [7, 11) is 0. The minimum atomic E-state index is -0.544. The van der Waals surface area contributed by atoms with Crippen molar-refractivity contribution in [1.29, 1.82) is 0 Å². The number of halogens is 1. The zero-order valence-corrected chi connectivity index (χ0v) is 19.4. The van der Waals surface area contributed by atoms with E-state index in [-0.39, 0.29) is 18.2 Å². The first kappa shape index (κ1) is 23.9. The Bertz CT molecular complexity index is 879. The van der Waals surface area contributed by atoms with Crippen LogP contribution in [0, 0.1) is 19.8 Å². The molecule has 5 heteroatoms. The number of aryl methyl sites for hydroxylation is 2. The Morgan fingerprint density at radius 2 is 1.77 bits per heavy atom. The van der Waals surface area contributed by atoms with Crippen LogP contribution in [0.2, 0.25) is 5.02 Å². The summed E-state index contributed by atoms with van der Waals surface area (Å²) in [5.41, 5.74) is 4.01. The highest BCUT2D eigenvalue weighted by molar-refractivity contribution is 6.31. The SMILES string of the molecule is CCC(C(=O)NCC(C)C)N(Cc1ccccc1Cl)C(=O)Cc1cc(C)ccc1C. The van der Waals surface area contributed by atoms with Crippen molar-refractivity contribution in [1.82, 2.24) is 10.2 Å². The van der Waals surface area contributed by atoms with Gasteiger partial charge in [-0.15, -0.1) is 0 Å². The van der Waals surface area contributed by atoms with Crippen LogP contribution in [0.1, 0.15) is 49.4 Å². The molecule has 0 fully saturated rings. The van der Waals surface area contributed by atoms with E-state index in [0.29, 0.717) is 30.5 Å². The van der Waals surface area contributed by atoms with Crippen LogP contribution in [0.3, 0.4) is 0 Å². The first-order chi connectivity index (χ1) is 14.2. The predicted octanol–water partition coefficient (Wildman–Crippen LogP) is 5.08. The first-order valence-corrected chi connectivity index (χ1v) is 11.0. The predicted molar refractivity (Wildman–Crippen MR) is 124 cm³/mol. The van der Waals surface area contributed by atoms with Crippen molar-refractivity contribution in [2.45, 2.75) is 60.0 Å². The fraction of sp³-hybridized carbons (Fsp3) is 0.440. The second-order valence-corrected chi connectivity index (χ2v) is 8.69. The number of hydrogen-bond donors (Lipinski definition) is 1. The van der Waals surface area contributed by atoms with Crippen LogP contribution in [0.4, 0.5) is 0 Å². The van der Waals surface area contributed by atoms with E-state index in [4.69, 9.17) is 11.6 Å². The van der Waals surface area contributed by atoms with E-state index in [1.165, 1.54) is 0 Å². The molecule has 1 unspecified atom stereocenters. The first-order valence-electron chi connectivity index (χ1n) is 10.6. The molecule has 0 saturated heterocycles. The molecule has 0 aliphatic carbocycles. The molecule has 0 heterocycles. The minimum absolute atomic E-state index is 0.0739. The maximum atomic E-state index is 13.4. The molecule has 30 heavy (non-hydrogen) atoms. The third kappa shape index (κ3) is 6.60. The van der Waals surface area contributed by atoms with Gasteiger partial charge in [-0.2, -0.15) is 0 Å². The van der Waals surface area contributed by atoms with Crippen molar-refractivity contribution >= 4 is 23.4 Å². The van der Waals surface area contributed by atoms with Crippen molar-refractivity contribution in [2.24, 2.45) is 5.92 Å². The summed E-state index contributed by atoms with van der Waals surface area (Å²) in [6.45, 7) is 10.9. The molecule has 0 aliphatic heterocycles. The lowest BCUT2D eigenvalue weighted by Crippen LogP contribution is -2.50. The smallest absolute Gasteiger partial charge is 0.242 e. The molecule has 0 aromatic heterocycles. The van der Waals surface area contributed by atoms with Gasteiger partial charge >= 0.3 is 0 Å². The summed E-state index contributed by atoms with van der Waals surface area (Å²) in [5.74, 6) is 0.150. The molecular formula is C25H33ClN2O2. The summed E-state index contributed by atoms with van der Waals surface area (Å²) in [6, 6.07) is 13.0. The van der Waals surface area contributed by atoms with E-state index in [1.807, 2.05) is 63.2 Å². The molecule has 2 amide bonds. The Kier molecular flexibility index (Phi) is 8.91. The van der Waals surface area contributed by atoms with Crippen LogP contribution in [0.5, 0.6) is 0 Å². The largest absolute Gasteiger partial charge is 0.354 e. The Morgan fingerprint density at radius 3 is 2.40 bits per heavy atom. The number of hydrogen-bond acceptors (Lipinski definition) is 2. The number of amides is 2. The molecule has 0 radical (unpaired) electrons. The van der Waals surface area contributed by atoms with Crippen molar-refractivity contribution in [3.8, 4) is 0 Å². The second kappa shape index (κ2) is 11.2. The number of carbonyl (C=O) groups is 2. The van der Waals surface area contributed by atoms with Crippen LogP contribution in [-0.4, -0.2) is 29.3 Å². The second-order valence-electron chi connectivity index (χ2n) is 8.28. The average Bonchev–Trinajstić information content (AvgIpc) is 2.70. The Morgan fingerprint density at radius 1 is 1.07 bits per heavy atom. The third-order valence-corrected chi connectivity index (χ3v) is 5.58. The highest BCUT2D eigenvalue weighted by Crippen LogP contribution is 2.21. The summed E-state index contributed by atoms with van der Waals surface area (Å²) in [5, 5.41) is 3.58. The van der Waals surface area contributed by atoms with Crippen molar-refractivity contribution < 1.29 is 9.59 Å². The number of benzene rings is 2. The molecule has 1 atom stereocenters. The molecule has 4 nitrogen and oxygen atoms in total. The number of nitrogens with one attached hydrogen (secondary N) is 1. The van der Waals surface area contributed by atoms with E-state index >= 15 is 0 Å². The van der Waals surface area contributed by atoms with E-state index in [2.05, 4.69) is 19.2 Å². The zero-order chi connectivity index (χ0) is 22.3. The third-order valence-electron chi connectivity index (χ3n) is 5.22. The molecule has 162 valence electrons.